The van der Waals surface area contributed by atoms with E-state index in [4.69, 9.17) is 24.1 Å². The summed E-state index contributed by atoms with van der Waals surface area (Å²) in [6, 6.07) is -0.913. The number of carboxylic acid groups (broad SMARTS) is 1. The first-order chi connectivity index (χ1) is 23.1. The van der Waals surface area contributed by atoms with Crippen molar-refractivity contribution >= 4 is 29.7 Å². The molecule has 0 heterocycles. The van der Waals surface area contributed by atoms with E-state index >= 15 is 0 Å². The monoisotopic (exact) mass is 700 g/mol. The van der Waals surface area contributed by atoms with Gasteiger partial charge in [-0.25, -0.2) is 9.59 Å². The number of unbranched alkanes of at least 4 members (excludes halogenated alkanes) is 13. The van der Waals surface area contributed by atoms with Crippen molar-refractivity contribution in [3.8, 4) is 0 Å². The Bertz CT molecular complexity index is 927. The highest BCUT2D eigenvalue weighted by Crippen LogP contribution is 2.16. The van der Waals surface area contributed by atoms with Crippen molar-refractivity contribution in [2.24, 2.45) is 0 Å². The van der Waals surface area contributed by atoms with Crippen molar-refractivity contribution in [2.45, 2.75) is 174 Å². The van der Waals surface area contributed by atoms with Crippen molar-refractivity contribution in [1.29, 1.82) is 0 Å². The van der Waals surface area contributed by atoms with Gasteiger partial charge in [-0.3, -0.25) is 14.4 Å². The van der Waals surface area contributed by atoms with Crippen molar-refractivity contribution < 1.29 is 48.0 Å². The molecule has 0 aliphatic heterocycles. The molecule has 0 unspecified atom stereocenters. The van der Waals surface area contributed by atoms with Gasteiger partial charge in [0.1, 0.15) is 23.9 Å². The van der Waals surface area contributed by atoms with Crippen LogP contribution in [0.3, 0.4) is 0 Å². The predicted molar refractivity (Wildman–Crippen MR) is 189 cm³/mol. The number of rotatable bonds is 30. The van der Waals surface area contributed by atoms with E-state index in [0.29, 0.717) is 12.8 Å². The first kappa shape index (κ1) is 46.3. The molecule has 0 spiro atoms. The van der Waals surface area contributed by atoms with Gasteiger partial charge in [0, 0.05) is 25.8 Å². The molecule has 3 N–H and O–H groups in total. The van der Waals surface area contributed by atoms with Crippen LogP contribution in [0.5, 0.6) is 0 Å². The van der Waals surface area contributed by atoms with Crippen molar-refractivity contribution in [1.82, 2.24) is 10.6 Å². The minimum atomic E-state index is -1.05. The number of esters is 2. The van der Waals surface area contributed by atoms with Crippen LogP contribution in [-0.4, -0.2) is 85.0 Å². The zero-order valence-corrected chi connectivity index (χ0v) is 31.5. The van der Waals surface area contributed by atoms with Crippen LogP contribution in [0, 0.1) is 0 Å². The summed E-state index contributed by atoms with van der Waals surface area (Å²) in [5.41, 5.74) is -1.12. The lowest BCUT2D eigenvalue weighted by molar-refractivity contribution is -0.159. The van der Waals surface area contributed by atoms with Gasteiger partial charge in [-0.05, 0) is 60.8 Å². The third-order valence-electron chi connectivity index (χ3n) is 7.31. The van der Waals surface area contributed by atoms with Crippen molar-refractivity contribution in [3.63, 3.8) is 0 Å². The Morgan fingerprint density at radius 3 is 1.53 bits per heavy atom. The van der Waals surface area contributed by atoms with Gasteiger partial charge in [0.15, 0.2) is 0 Å². The number of ether oxygens (including phenoxy) is 4. The molecular weight excluding hydrogens is 632 g/mol. The highest BCUT2D eigenvalue weighted by molar-refractivity contribution is 5.85. The fourth-order valence-electron chi connectivity index (χ4n) is 4.96. The summed E-state index contributed by atoms with van der Waals surface area (Å²) >= 11 is 0. The number of carboxylic acids is 1. The number of hydrogen-bond acceptors (Lipinski definition) is 9. The predicted octanol–water partition coefficient (Wildman–Crippen LogP) is 6.41. The zero-order valence-electron chi connectivity index (χ0n) is 31.5. The summed E-state index contributed by atoms with van der Waals surface area (Å²) in [4.78, 5) is 59.8. The lowest BCUT2D eigenvalue weighted by atomic mass is 10.0. The largest absolute Gasteiger partial charge is 0.480 e. The Morgan fingerprint density at radius 2 is 1.04 bits per heavy atom. The fraction of sp³-hybridized carbons (Fsp3) is 0.865. The molecule has 12 heteroatoms. The van der Waals surface area contributed by atoms with Crippen molar-refractivity contribution in [3.05, 3.63) is 0 Å². The van der Waals surface area contributed by atoms with Crippen LogP contribution in [0.15, 0.2) is 0 Å². The van der Waals surface area contributed by atoms with E-state index in [-0.39, 0.29) is 63.6 Å². The number of amides is 2. The van der Waals surface area contributed by atoms with Crippen LogP contribution in [0.2, 0.25) is 0 Å². The first-order valence-electron chi connectivity index (χ1n) is 18.5. The van der Waals surface area contributed by atoms with Gasteiger partial charge in [0.2, 0.25) is 11.8 Å². The van der Waals surface area contributed by atoms with Crippen molar-refractivity contribution in [2.75, 3.05) is 33.0 Å². The molecule has 12 nitrogen and oxygen atoms in total. The standard InChI is InChI=1S/C37H68N2O10/c1-36(2,3)48-34(44)22-20-18-16-14-12-10-8-7-9-11-13-15-17-19-21-32(41)39-30(35(45)49-37(4,5)6)23-24-31(40)38-25-26-46-27-28-47-29-33(42)43/h30H,7-29H2,1-6H3,(H,38,40)(H,39,41)(H,42,43)/t30-/m1/s1. The van der Waals surface area contributed by atoms with E-state index in [1.165, 1.54) is 51.4 Å². The number of aliphatic carboxylic acids is 1. The molecule has 0 rings (SSSR count). The molecule has 0 fully saturated rings. The average Bonchev–Trinajstić information content (AvgIpc) is 2.98. The molecule has 0 aromatic rings. The maximum Gasteiger partial charge on any atom is 0.329 e. The summed E-state index contributed by atoms with van der Waals surface area (Å²) in [6.45, 7) is 11.4. The topological polar surface area (TPSA) is 167 Å². The molecule has 49 heavy (non-hydrogen) atoms. The minimum absolute atomic E-state index is 0.0310. The maximum absolute atomic E-state index is 12.8. The highest BCUT2D eigenvalue weighted by atomic mass is 16.6. The van der Waals surface area contributed by atoms with Gasteiger partial charge in [-0.1, -0.05) is 77.0 Å². The zero-order chi connectivity index (χ0) is 37.0. The third-order valence-corrected chi connectivity index (χ3v) is 7.31. The van der Waals surface area contributed by atoms with Gasteiger partial charge < -0.3 is 34.7 Å². The number of carbonyl (C=O) groups is 5. The molecule has 2 amide bonds. The van der Waals surface area contributed by atoms with Gasteiger partial charge >= 0.3 is 17.9 Å². The first-order valence-corrected chi connectivity index (χ1v) is 18.5. The summed E-state index contributed by atoms with van der Waals surface area (Å²) < 4.78 is 21.0. The lowest BCUT2D eigenvalue weighted by Crippen LogP contribution is -2.44. The quantitative estimate of drug-likeness (QED) is 0.0563. The smallest absolute Gasteiger partial charge is 0.329 e. The Morgan fingerprint density at radius 1 is 0.571 bits per heavy atom. The Labute approximate surface area is 295 Å². The van der Waals surface area contributed by atoms with E-state index in [2.05, 4.69) is 10.6 Å². The SMILES string of the molecule is CC(C)(C)OC(=O)CCCCCCCCCCCCCCCCC(=O)N[C@H](CCC(=O)NCCOCCOCC(=O)O)C(=O)OC(C)(C)C. The molecule has 286 valence electrons. The van der Waals surface area contributed by atoms with Crippen LogP contribution in [0.1, 0.15) is 157 Å². The normalized spacial score (nSPS) is 12.3. The molecule has 0 bridgehead atoms. The van der Waals surface area contributed by atoms with E-state index in [1.807, 2.05) is 20.8 Å². The second kappa shape index (κ2) is 28.0. The fourth-order valence-corrected chi connectivity index (χ4v) is 4.96. The molecule has 0 aromatic heterocycles. The molecule has 0 aliphatic carbocycles. The second-order valence-corrected chi connectivity index (χ2v) is 14.6. The van der Waals surface area contributed by atoms with Gasteiger partial charge in [-0.15, -0.1) is 0 Å². The van der Waals surface area contributed by atoms with Crippen LogP contribution in [0.25, 0.3) is 0 Å². The molecule has 0 aromatic carbocycles. The van der Waals surface area contributed by atoms with Crippen LogP contribution in [0.4, 0.5) is 0 Å². The summed E-state index contributed by atoms with van der Waals surface area (Å²) in [5.74, 6) is -2.21. The van der Waals surface area contributed by atoms with Crippen LogP contribution in [-0.2, 0) is 42.9 Å². The maximum atomic E-state index is 12.8. The highest BCUT2D eigenvalue weighted by Gasteiger charge is 2.27. The Balaban J connectivity index is 4.00. The van der Waals surface area contributed by atoms with Gasteiger partial charge in [0.25, 0.3) is 0 Å². The average molecular weight is 701 g/mol. The molecular formula is C37H68N2O10. The molecule has 1 atom stereocenters. The Hall–Kier alpha value is -2.73. The summed E-state index contributed by atoms with van der Waals surface area (Å²) in [6.07, 6.45) is 16.8. The minimum Gasteiger partial charge on any atom is -0.480 e. The number of hydrogen-bond donors (Lipinski definition) is 3. The molecule has 0 radical (unpaired) electrons. The van der Waals surface area contributed by atoms with E-state index in [9.17, 15) is 24.0 Å². The number of nitrogens with one attached hydrogen (secondary N) is 2. The third kappa shape index (κ3) is 33.5. The molecule has 0 saturated heterocycles. The second-order valence-electron chi connectivity index (χ2n) is 14.6. The summed E-state index contributed by atoms with van der Waals surface area (Å²) in [7, 11) is 0. The molecule has 0 aliphatic rings. The van der Waals surface area contributed by atoms with Crippen LogP contribution >= 0.6 is 0 Å². The Kier molecular flexibility index (Phi) is 26.5. The van der Waals surface area contributed by atoms with Gasteiger partial charge in [0.05, 0.1) is 19.8 Å². The lowest BCUT2D eigenvalue weighted by Gasteiger charge is -2.24. The van der Waals surface area contributed by atoms with E-state index in [1.54, 1.807) is 20.8 Å². The number of carbonyl (C=O) groups excluding carboxylic acids is 4. The van der Waals surface area contributed by atoms with Gasteiger partial charge in [-0.2, -0.15) is 0 Å². The molecule has 0 saturated carbocycles. The van der Waals surface area contributed by atoms with E-state index in [0.717, 1.165) is 38.5 Å². The van der Waals surface area contributed by atoms with Crippen LogP contribution < -0.4 is 10.6 Å². The van der Waals surface area contributed by atoms with E-state index < -0.39 is 29.2 Å². The summed E-state index contributed by atoms with van der Waals surface area (Å²) in [5, 5.41) is 14.0.